The van der Waals surface area contributed by atoms with Crippen LogP contribution in [0.25, 0.3) is 10.9 Å². The van der Waals surface area contributed by atoms with E-state index in [1.165, 1.54) is 35.2 Å². The van der Waals surface area contributed by atoms with Gasteiger partial charge >= 0.3 is 5.97 Å². The molecule has 10 atom stereocenters. The van der Waals surface area contributed by atoms with Crippen LogP contribution < -0.4 is 70.8 Å². The maximum Gasteiger partial charge on any atom is 0.303 e. The summed E-state index contributed by atoms with van der Waals surface area (Å²) in [6.07, 6.45) is 3.96. The summed E-state index contributed by atoms with van der Waals surface area (Å²) >= 11 is 0. The Morgan fingerprint density at radius 3 is 2.07 bits per heavy atom. The number of hydrogen-bond donors (Lipinski definition) is 16. The molecule has 1 aromatic heterocycles. The van der Waals surface area contributed by atoms with Crippen molar-refractivity contribution in [2.45, 2.75) is 183 Å². The number of rotatable bonds is 21. The first-order chi connectivity index (χ1) is 48.9. The number of amides is 11. The first-order valence-electron chi connectivity index (χ1n) is 34.2. The number of aliphatic carboxylic acids is 1. The number of phenols is 1. The first-order valence-corrected chi connectivity index (χ1v) is 36.7. The van der Waals surface area contributed by atoms with E-state index in [4.69, 9.17) is 22.9 Å². The molecule has 4 aromatic rings. The quantitative estimate of drug-likeness (QED) is 0.0227. The molecule has 0 spiro atoms. The van der Waals surface area contributed by atoms with Crippen LogP contribution in [0.3, 0.4) is 0 Å². The lowest BCUT2D eigenvalue weighted by atomic mass is 9.95. The van der Waals surface area contributed by atoms with E-state index in [-0.39, 0.29) is 112 Å². The van der Waals surface area contributed by atoms with Crippen LogP contribution in [0.5, 0.6) is 5.75 Å². The van der Waals surface area contributed by atoms with Gasteiger partial charge in [0.1, 0.15) is 60.1 Å². The average Bonchev–Trinajstić information content (AvgIpc) is 1.75. The van der Waals surface area contributed by atoms with E-state index in [0.717, 1.165) is 32.5 Å². The summed E-state index contributed by atoms with van der Waals surface area (Å²) in [5, 5.41) is 55.7. The summed E-state index contributed by atoms with van der Waals surface area (Å²) in [5.41, 5.74) is 25.4. The van der Waals surface area contributed by atoms with Crippen molar-refractivity contribution in [3.63, 3.8) is 0 Å². The smallest absolute Gasteiger partial charge is 0.303 e. The monoisotopic (exact) mass is 1450 g/mol. The Morgan fingerprint density at radius 1 is 0.716 bits per heavy atom. The predicted molar refractivity (Wildman–Crippen MR) is 381 cm³/mol. The zero-order valence-electron chi connectivity index (χ0n) is 56.9. The molecule has 3 aromatic carbocycles. The summed E-state index contributed by atoms with van der Waals surface area (Å²) in [7, 11) is 1.82. The zero-order chi connectivity index (χ0) is 73.8. The van der Waals surface area contributed by atoms with Crippen molar-refractivity contribution < 1.29 is 67.7 Å². The van der Waals surface area contributed by atoms with Crippen LogP contribution in [-0.4, -0.2) is 189 Å². The molecule has 0 unspecified atom stereocenters. The molecule has 3 heterocycles. The number of aliphatic imine (C=N–C) groups is 1. The molecule has 33 heteroatoms. The Labute approximate surface area is 598 Å². The maximum absolute atomic E-state index is 15.3. The van der Waals surface area contributed by atoms with Crippen molar-refractivity contribution in [3.05, 3.63) is 101 Å². The van der Waals surface area contributed by atoms with Crippen LogP contribution in [-0.2, 0) is 76.8 Å². The highest BCUT2D eigenvalue weighted by Crippen LogP contribution is 2.30. The van der Waals surface area contributed by atoms with Gasteiger partial charge in [-0.25, -0.2) is 0 Å². The largest absolute Gasteiger partial charge is 0.508 e. The molecular formula is C69H93N17O14S2. The number of carboxylic acid groups (broad SMARTS) is 1. The number of carbonyl (C=O) groups is 12. The molecule has 7 rings (SSSR count). The molecule has 0 radical (unpaired) electrons. The van der Waals surface area contributed by atoms with Gasteiger partial charge in [-0.05, 0) is 112 Å². The molecule has 31 nitrogen and oxygen atoms in total. The SMILES string of the molecule is C[C@@H](N)CC(=O)N1CCC[C@H]1C(=O)N[C@@H](Cc1ccc(O)cc1)C(=O)N[C@H]1CSSC[C@@H](C(N)=O)NC(=O)[C@H](CCC(=O)O)NC(=O)[C@H](Cc2c[nH]c3ccccc23)NC(=O)CCCCCNC(=O)[C@H](CCCN=C(N)N)NC(=O)[C@H](Cc2ccccc2C#N)NC(=O)[C@H](C2CCCC2)NC1=O. The van der Waals surface area contributed by atoms with E-state index in [0.29, 0.717) is 61.6 Å². The molecular weight excluding hydrogens is 1350 g/mol. The molecule has 3 aliphatic rings. The summed E-state index contributed by atoms with van der Waals surface area (Å²) in [6.45, 7) is 2.05. The number of nitrogens with one attached hydrogen (secondary N) is 10. The van der Waals surface area contributed by atoms with E-state index in [1.54, 1.807) is 43.5 Å². The standard InChI is InChI=1S/C69H93N17O14S2/c1-39(71)31-57(89)86-30-12-20-55(86)67(99)81-50(32-40-22-24-45(87)25-23-40)63(95)84-54-38-102-101-37-53(60(72)92)83-62(94)49(26-27-58(90)91)80-64(96)51(34-44-36-77-47-18-9-8-17-46(44)47)78-56(88)21-3-2-10-28-75-61(93)48(19-11-29-76-69(73)74)79-65(97)52(33-42-15-6-7-16-43(42)35-70)82-68(100)59(85-66(54)98)41-13-4-5-14-41/h6-9,15-18,22-25,36,39,41,48-55,59,77,87H,2-5,10-14,19-21,26-34,37-38,71H2,1H3,(H2,72,92)(H,75,93)(H,78,88)(H,79,97)(H,80,96)(H,81,99)(H,82,100)(H,83,94)(H,84,95)(H,85,98)(H,90,91)(H4,73,74,76)/t39-,48+,49+,50+,51+,52+,53+,54+,55+,59+/m1/s1. The van der Waals surface area contributed by atoms with Gasteiger partial charge in [-0.3, -0.25) is 62.5 Å². The molecule has 2 aliphatic heterocycles. The van der Waals surface area contributed by atoms with Crippen molar-refractivity contribution in [1.29, 1.82) is 5.26 Å². The molecule has 1 aliphatic carbocycles. The second kappa shape index (κ2) is 39.9. The number of likely N-dealkylation sites (tertiary alicyclic amines) is 1. The van der Waals surface area contributed by atoms with Gasteiger partial charge in [0.2, 0.25) is 65.0 Å². The fraction of sp³-hybridized carbons (Fsp3) is 0.507. The van der Waals surface area contributed by atoms with Crippen molar-refractivity contribution in [2.75, 3.05) is 31.1 Å². The molecule has 550 valence electrons. The van der Waals surface area contributed by atoms with E-state index >= 15 is 14.4 Å². The van der Waals surface area contributed by atoms with E-state index in [1.807, 2.05) is 12.1 Å². The topological polar surface area (TPSA) is 513 Å². The molecule has 11 amide bonds. The number of guanidine groups is 1. The van der Waals surface area contributed by atoms with Crippen molar-refractivity contribution in [1.82, 2.24) is 57.7 Å². The summed E-state index contributed by atoms with van der Waals surface area (Å²) < 4.78 is 0. The van der Waals surface area contributed by atoms with Gasteiger partial charge in [0.25, 0.3) is 0 Å². The van der Waals surface area contributed by atoms with Crippen LogP contribution in [0.15, 0.2) is 84.0 Å². The number of carbonyl (C=O) groups excluding carboxylic acids is 11. The summed E-state index contributed by atoms with van der Waals surface area (Å²) in [6, 6.07) is 8.37. The zero-order valence-corrected chi connectivity index (χ0v) is 58.5. The number of fused-ring (bicyclic) bond motifs is 1. The van der Waals surface area contributed by atoms with E-state index in [2.05, 4.69) is 63.9 Å². The molecule has 102 heavy (non-hydrogen) atoms. The van der Waals surface area contributed by atoms with Crippen LogP contribution in [0, 0.1) is 17.2 Å². The number of nitrogens with two attached hydrogens (primary N) is 4. The number of para-hydroxylation sites is 1. The minimum absolute atomic E-state index is 0.00189. The molecule has 0 bridgehead atoms. The summed E-state index contributed by atoms with van der Waals surface area (Å²) in [4.78, 5) is 179. The Hall–Kier alpha value is -9.94. The number of hydrogen-bond acceptors (Lipinski definition) is 18. The summed E-state index contributed by atoms with van der Waals surface area (Å²) in [5.74, 6) is -11.5. The van der Waals surface area contributed by atoms with Crippen molar-refractivity contribution in [3.8, 4) is 11.8 Å². The fourth-order valence-electron chi connectivity index (χ4n) is 12.4. The highest BCUT2D eigenvalue weighted by atomic mass is 33.1. The lowest BCUT2D eigenvalue weighted by Crippen LogP contribution is -2.61. The molecule has 2 saturated heterocycles. The fourth-order valence-corrected chi connectivity index (χ4v) is 14.8. The number of nitriles is 1. The van der Waals surface area contributed by atoms with Gasteiger partial charge in [-0.2, -0.15) is 5.26 Å². The minimum Gasteiger partial charge on any atom is -0.508 e. The lowest BCUT2D eigenvalue weighted by molar-refractivity contribution is -0.140. The highest BCUT2D eigenvalue weighted by molar-refractivity contribution is 8.76. The number of aromatic hydroxyl groups is 1. The molecule has 1 saturated carbocycles. The van der Waals surface area contributed by atoms with Crippen LogP contribution >= 0.6 is 21.6 Å². The number of aromatic nitrogens is 1. The highest BCUT2D eigenvalue weighted by Gasteiger charge is 2.40. The minimum atomic E-state index is -1.60. The maximum atomic E-state index is 15.3. The Morgan fingerprint density at radius 2 is 1.37 bits per heavy atom. The Bertz CT molecular complexity index is 3690. The Balaban J connectivity index is 1.25. The Kier molecular flexibility index (Phi) is 31.1. The van der Waals surface area contributed by atoms with Crippen LogP contribution in [0.4, 0.5) is 0 Å². The number of carboxylic acids is 1. The average molecular weight is 1450 g/mol. The van der Waals surface area contributed by atoms with Crippen LogP contribution in [0.1, 0.15) is 125 Å². The van der Waals surface area contributed by atoms with Gasteiger partial charge in [0.15, 0.2) is 5.96 Å². The second-order valence-corrected chi connectivity index (χ2v) is 28.4. The second-order valence-electron chi connectivity index (χ2n) is 25.8. The van der Waals surface area contributed by atoms with Gasteiger partial charge in [0, 0.05) is 92.8 Å². The van der Waals surface area contributed by atoms with E-state index < -0.39 is 144 Å². The number of primary amides is 1. The van der Waals surface area contributed by atoms with Gasteiger partial charge in [-0.15, -0.1) is 0 Å². The lowest BCUT2D eigenvalue weighted by Gasteiger charge is -2.30. The molecule has 20 N–H and O–H groups in total. The van der Waals surface area contributed by atoms with Gasteiger partial charge in [0.05, 0.1) is 11.6 Å². The molecule has 3 fully saturated rings. The number of benzene rings is 3. The first kappa shape index (κ1) is 79.4. The van der Waals surface area contributed by atoms with Gasteiger partial charge in [-0.1, -0.05) is 89.4 Å². The number of aromatic amines is 1. The predicted octanol–water partition coefficient (Wildman–Crippen LogP) is 0.0453. The van der Waals surface area contributed by atoms with Crippen molar-refractivity contribution >= 4 is 109 Å². The van der Waals surface area contributed by atoms with Crippen LogP contribution in [0.2, 0.25) is 0 Å². The van der Waals surface area contributed by atoms with Crippen molar-refractivity contribution in [2.24, 2.45) is 33.8 Å². The number of phenolic OH excluding ortho intramolecular Hbond substituents is 1. The number of H-pyrrole nitrogens is 1. The third kappa shape index (κ3) is 24.7. The third-order valence-corrected chi connectivity index (χ3v) is 20.3. The van der Waals surface area contributed by atoms with Gasteiger partial charge < -0.3 is 90.9 Å². The van der Waals surface area contributed by atoms with E-state index in [9.17, 15) is 58.6 Å². The normalized spacial score (nSPS) is 22.9. The number of nitrogens with zero attached hydrogens (tertiary/aromatic N) is 3. The third-order valence-electron chi connectivity index (χ3n) is 17.9.